The quantitative estimate of drug-likeness (QED) is 0.601. The third-order valence-corrected chi connectivity index (χ3v) is 5.11. The molecule has 150 valence electrons. The number of aryl methyl sites for hydroxylation is 1. The Labute approximate surface area is 172 Å². The summed E-state index contributed by atoms with van der Waals surface area (Å²) >= 11 is 0. The fraction of sp³-hybridized carbons (Fsp3) is 0.429. The van der Waals surface area contributed by atoms with Crippen LogP contribution in [0, 0.1) is 0 Å². The Bertz CT molecular complexity index is 913. The summed E-state index contributed by atoms with van der Waals surface area (Å²) in [6.07, 6.45) is 6.28. The lowest BCUT2D eigenvalue weighted by Crippen LogP contribution is -2.33. The van der Waals surface area contributed by atoms with Gasteiger partial charge in [-0.25, -0.2) is 4.98 Å². The summed E-state index contributed by atoms with van der Waals surface area (Å²) in [6, 6.07) is 10.8. The van der Waals surface area contributed by atoms with Crippen molar-refractivity contribution in [3.05, 3.63) is 42.2 Å². The standard InChI is InChI=1S/C21H27N5O.ClH/c1-3-5-16-13-20(26-11-4-6-18(26)14-27-2)25-21(23-16)24-17-8-7-15-9-10-22-19(15)12-17;/h7-10,12-13,18,22H,3-6,11,14H2,1-2H3,(H,23,24,25);1H. The zero-order valence-corrected chi connectivity index (χ0v) is 17.3. The van der Waals surface area contributed by atoms with E-state index in [9.17, 15) is 0 Å². The topological polar surface area (TPSA) is 66.1 Å². The highest BCUT2D eigenvalue weighted by atomic mass is 35.5. The van der Waals surface area contributed by atoms with Gasteiger partial charge in [0.2, 0.25) is 5.95 Å². The van der Waals surface area contributed by atoms with Crippen LogP contribution in [0.25, 0.3) is 10.9 Å². The first-order valence-corrected chi connectivity index (χ1v) is 9.74. The van der Waals surface area contributed by atoms with Crippen LogP contribution in [0.3, 0.4) is 0 Å². The number of H-pyrrole nitrogens is 1. The van der Waals surface area contributed by atoms with Crippen LogP contribution in [0.1, 0.15) is 31.9 Å². The fourth-order valence-corrected chi connectivity index (χ4v) is 3.83. The van der Waals surface area contributed by atoms with Crippen LogP contribution in [0.2, 0.25) is 0 Å². The molecular formula is C21H28ClN5O. The average molecular weight is 402 g/mol. The number of fused-ring (bicyclic) bond motifs is 1. The minimum atomic E-state index is 0. The lowest BCUT2D eigenvalue weighted by atomic mass is 10.2. The van der Waals surface area contributed by atoms with Crippen molar-refractivity contribution in [2.24, 2.45) is 0 Å². The highest BCUT2D eigenvalue weighted by Gasteiger charge is 2.26. The van der Waals surface area contributed by atoms with Gasteiger partial charge in [-0.15, -0.1) is 12.4 Å². The van der Waals surface area contributed by atoms with Crippen molar-refractivity contribution >= 4 is 40.8 Å². The monoisotopic (exact) mass is 401 g/mol. The Kier molecular flexibility index (Phi) is 6.75. The average Bonchev–Trinajstić information content (AvgIpc) is 3.31. The number of aromatic amines is 1. The van der Waals surface area contributed by atoms with Gasteiger partial charge in [0.25, 0.3) is 0 Å². The summed E-state index contributed by atoms with van der Waals surface area (Å²) in [5, 5.41) is 4.59. The number of nitrogens with zero attached hydrogens (tertiary/aromatic N) is 3. The van der Waals surface area contributed by atoms with E-state index in [2.05, 4.69) is 52.5 Å². The number of methoxy groups -OCH3 is 1. The molecule has 0 spiro atoms. The molecule has 1 saturated heterocycles. The lowest BCUT2D eigenvalue weighted by molar-refractivity contribution is 0.180. The highest BCUT2D eigenvalue weighted by Crippen LogP contribution is 2.27. The van der Waals surface area contributed by atoms with E-state index < -0.39 is 0 Å². The molecule has 2 N–H and O–H groups in total. The fourth-order valence-electron chi connectivity index (χ4n) is 3.83. The van der Waals surface area contributed by atoms with Crippen LogP contribution in [-0.2, 0) is 11.2 Å². The second kappa shape index (κ2) is 9.26. The minimum Gasteiger partial charge on any atom is -0.383 e. The van der Waals surface area contributed by atoms with Crippen LogP contribution < -0.4 is 10.2 Å². The van der Waals surface area contributed by atoms with Gasteiger partial charge in [-0.05, 0) is 42.8 Å². The number of halogens is 1. The van der Waals surface area contributed by atoms with Crippen molar-refractivity contribution in [3.8, 4) is 0 Å². The maximum atomic E-state index is 5.41. The zero-order chi connectivity index (χ0) is 18.6. The smallest absolute Gasteiger partial charge is 0.229 e. The van der Waals surface area contributed by atoms with Crippen molar-refractivity contribution in [3.63, 3.8) is 0 Å². The number of aromatic nitrogens is 3. The van der Waals surface area contributed by atoms with E-state index >= 15 is 0 Å². The largest absolute Gasteiger partial charge is 0.383 e. The van der Waals surface area contributed by atoms with Crippen molar-refractivity contribution in [2.45, 2.75) is 38.6 Å². The molecule has 1 unspecified atom stereocenters. The van der Waals surface area contributed by atoms with Gasteiger partial charge in [0.15, 0.2) is 0 Å². The third kappa shape index (κ3) is 4.39. The summed E-state index contributed by atoms with van der Waals surface area (Å²) in [5.41, 5.74) is 3.16. The Morgan fingerprint density at radius 2 is 2.14 bits per heavy atom. The molecule has 7 heteroatoms. The SMILES string of the molecule is CCCc1cc(N2CCCC2COC)nc(Nc2ccc3cc[nH]c3c2)n1.Cl. The van der Waals surface area contributed by atoms with Gasteiger partial charge in [-0.3, -0.25) is 0 Å². The number of ether oxygens (including phenoxy) is 1. The number of nitrogens with one attached hydrogen (secondary N) is 2. The number of hydrogen-bond donors (Lipinski definition) is 2. The summed E-state index contributed by atoms with van der Waals surface area (Å²) in [7, 11) is 1.77. The molecule has 0 bridgehead atoms. The Balaban J connectivity index is 0.00000225. The second-order valence-corrected chi connectivity index (χ2v) is 7.14. The van der Waals surface area contributed by atoms with Gasteiger partial charge >= 0.3 is 0 Å². The van der Waals surface area contributed by atoms with Crippen molar-refractivity contribution in [2.75, 3.05) is 30.5 Å². The van der Waals surface area contributed by atoms with Crippen molar-refractivity contribution in [1.82, 2.24) is 15.0 Å². The van der Waals surface area contributed by atoms with Crippen molar-refractivity contribution in [1.29, 1.82) is 0 Å². The molecule has 0 amide bonds. The van der Waals surface area contributed by atoms with Crippen LogP contribution in [0.5, 0.6) is 0 Å². The van der Waals surface area contributed by atoms with Gasteiger partial charge in [-0.1, -0.05) is 19.4 Å². The molecule has 3 aromatic rings. The molecule has 3 heterocycles. The molecule has 1 aliphatic rings. The van der Waals surface area contributed by atoms with Gasteiger partial charge < -0.3 is 19.9 Å². The van der Waals surface area contributed by atoms with E-state index in [1.165, 1.54) is 11.8 Å². The number of anilines is 3. The van der Waals surface area contributed by atoms with Gasteiger partial charge in [-0.2, -0.15) is 4.98 Å². The van der Waals surface area contributed by atoms with Crippen LogP contribution in [0.4, 0.5) is 17.5 Å². The summed E-state index contributed by atoms with van der Waals surface area (Å²) in [4.78, 5) is 15.2. The molecule has 4 rings (SSSR count). The first-order chi connectivity index (χ1) is 13.3. The molecule has 6 nitrogen and oxygen atoms in total. The summed E-state index contributed by atoms with van der Waals surface area (Å²) in [6.45, 7) is 3.93. The summed E-state index contributed by atoms with van der Waals surface area (Å²) < 4.78 is 5.41. The van der Waals surface area contributed by atoms with Gasteiger partial charge in [0, 0.05) is 42.8 Å². The summed E-state index contributed by atoms with van der Waals surface area (Å²) in [5.74, 6) is 1.65. The van der Waals surface area contributed by atoms with E-state index in [0.29, 0.717) is 12.0 Å². The van der Waals surface area contributed by atoms with E-state index in [1.54, 1.807) is 7.11 Å². The van der Waals surface area contributed by atoms with Crippen LogP contribution in [0.15, 0.2) is 36.5 Å². The molecule has 0 radical (unpaired) electrons. The van der Waals surface area contributed by atoms with E-state index in [0.717, 1.165) is 55.1 Å². The highest BCUT2D eigenvalue weighted by molar-refractivity contribution is 5.85. The Hall–Kier alpha value is -2.31. The third-order valence-electron chi connectivity index (χ3n) is 5.11. The number of hydrogen-bond acceptors (Lipinski definition) is 5. The molecule has 1 fully saturated rings. The first-order valence-electron chi connectivity index (χ1n) is 9.74. The molecular weight excluding hydrogens is 374 g/mol. The Morgan fingerprint density at radius 3 is 2.96 bits per heavy atom. The predicted octanol–water partition coefficient (Wildman–Crippen LogP) is 4.69. The van der Waals surface area contributed by atoms with Crippen molar-refractivity contribution < 1.29 is 4.74 Å². The number of benzene rings is 1. The minimum absolute atomic E-state index is 0. The molecule has 0 aliphatic carbocycles. The molecule has 1 aliphatic heterocycles. The zero-order valence-electron chi connectivity index (χ0n) is 16.4. The molecule has 1 atom stereocenters. The maximum Gasteiger partial charge on any atom is 0.229 e. The Morgan fingerprint density at radius 1 is 1.25 bits per heavy atom. The predicted molar refractivity (Wildman–Crippen MR) is 117 cm³/mol. The number of rotatable bonds is 7. The van der Waals surface area contributed by atoms with E-state index in [-0.39, 0.29) is 12.4 Å². The molecule has 2 aromatic heterocycles. The van der Waals surface area contributed by atoms with Gasteiger partial charge in [0.1, 0.15) is 5.82 Å². The van der Waals surface area contributed by atoms with Gasteiger partial charge in [0.05, 0.1) is 12.6 Å². The molecule has 28 heavy (non-hydrogen) atoms. The van der Waals surface area contributed by atoms with E-state index in [1.807, 2.05) is 6.20 Å². The lowest BCUT2D eigenvalue weighted by Gasteiger charge is -2.26. The first kappa shape index (κ1) is 20.4. The molecule has 0 saturated carbocycles. The second-order valence-electron chi connectivity index (χ2n) is 7.14. The normalized spacial score (nSPS) is 16.4. The van der Waals surface area contributed by atoms with Crippen LogP contribution >= 0.6 is 12.4 Å². The van der Waals surface area contributed by atoms with E-state index in [4.69, 9.17) is 14.7 Å². The molecule has 1 aromatic carbocycles. The van der Waals surface area contributed by atoms with Crippen LogP contribution in [-0.4, -0.2) is 41.3 Å². The maximum absolute atomic E-state index is 5.41.